The Hall–Kier alpha value is -2.12. The van der Waals surface area contributed by atoms with Crippen molar-refractivity contribution >= 4 is 11.6 Å². The minimum absolute atomic E-state index is 0.144. The predicted molar refractivity (Wildman–Crippen MR) is 55.9 cm³/mol. The number of amides is 1. The van der Waals surface area contributed by atoms with E-state index in [2.05, 4.69) is 0 Å². The van der Waals surface area contributed by atoms with Gasteiger partial charge in [0.2, 0.25) is 5.91 Å². The van der Waals surface area contributed by atoms with Gasteiger partial charge in [0.1, 0.15) is 6.54 Å². The van der Waals surface area contributed by atoms with Crippen LogP contribution in [0.5, 0.6) is 0 Å². The summed E-state index contributed by atoms with van der Waals surface area (Å²) in [5.41, 5.74) is 0.259. The summed E-state index contributed by atoms with van der Waals surface area (Å²) in [7, 11) is 0. The molecule has 0 aliphatic heterocycles. The summed E-state index contributed by atoms with van der Waals surface area (Å²) in [5.74, 6) is -0.791. The lowest BCUT2D eigenvalue weighted by molar-refractivity contribution is -0.384. The van der Waals surface area contributed by atoms with Gasteiger partial charge in [-0.1, -0.05) is 12.1 Å². The van der Waals surface area contributed by atoms with E-state index in [1.807, 2.05) is 0 Å². The maximum Gasteiger partial charge on any atom is 0.405 e. The summed E-state index contributed by atoms with van der Waals surface area (Å²) in [4.78, 5) is 20.9. The number of carbonyl (C=O) groups is 1. The van der Waals surface area contributed by atoms with Gasteiger partial charge in [-0.15, -0.1) is 0 Å². The van der Waals surface area contributed by atoms with Gasteiger partial charge in [-0.05, 0) is 5.56 Å². The van der Waals surface area contributed by atoms with Crippen LogP contribution >= 0.6 is 0 Å². The number of nitrogens with zero attached hydrogens (tertiary/aromatic N) is 1. The number of hydrogen-bond acceptors (Lipinski definition) is 3. The van der Waals surface area contributed by atoms with Gasteiger partial charge in [-0.2, -0.15) is 13.2 Å². The molecule has 0 unspecified atom stereocenters. The van der Waals surface area contributed by atoms with Gasteiger partial charge in [-0.25, -0.2) is 0 Å². The molecule has 0 heterocycles. The number of nitro benzene ring substituents is 1. The topological polar surface area (TPSA) is 72.2 Å². The second kappa shape index (κ2) is 5.48. The molecule has 0 aliphatic carbocycles. The molecular formula is C10H9F3N2O3. The Kier molecular flexibility index (Phi) is 4.24. The van der Waals surface area contributed by atoms with Crippen LogP contribution in [0.2, 0.25) is 0 Å². The van der Waals surface area contributed by atoms with Crippen LogP contribution in [-0.4, -0.2) is 23.6 Å². The lowest BCUT2D eigenvalue weighted by atomic mass is 10.1. The minimum Gasteiger partial charge on any atom is -0.347 e. The third-order valence-corrected chi connectivity index (χ3v) is 2.00. The number of rotatable bonds is 4. The van der Waals surface area contributed by atoms with Crippen molar-refractivity contribution < 1.29 is 22.9 Å². The molecule has 0 bridgehead atoms. The van der Waals surface area contributed by atoms with Gasteiger partial charge in [0.05, 0.1) is 11.3 Å². The second-order valence-electron chi connectivity index (χ2n) is 3.49. The van der Waals surface area contributed by atoms with Crippen molar-refractivity contribution in [2.45, 2.75) is 12.6 Å². The zero-order valence-corrected chi connectivity index (χ0v) is 9.03. The Balaban J connectivity index is 2.52. The quantitative estimate of drug-likeness (QED) is 0.664. The van der Waals surface area contributed by atoms with Gasteiger partial charge < -0.3 is 5.32 Å². The van der Waals surface area contributed by atoms with Crippen LogP contribution < -0.4 is 5.32 Å². The summed E-state index contributed by atoms with van der Waals surface area (Å²) in [6, 6.07) is 5.02. The van der Waals surface area contributed by atoms with Crippen LogP contribution in [0.3, 0.4) is 0 Å². The fourth-order valence-corrected chi connectivity index (χ4v) is 1.18. The highest BCUT2D eigenvalue weighted by Gasteiger charge is 2.27. The Morgan fingerprint density at radius 3 is 2.28 bits per heavy atom. The molecule has 1 amide bonds. The molecule has 0 fully saturated rings. The second-order valence-corrected chi connectivity index (χ2v) is 3.49. The van der Waals surface area contributed by atoms with E-state index in [1.165, 1.54) is 24.3 Å². The average molecular weight is 262 g/mol. The first kappa shape index (κ1) is 13.9. The van der Waals surface area contributed by atoms with Crippen molar-refractivity contribution in [1.29, 1.82) is 0 Å². The number of nitrogens with one attached hydrogen (secondary N) is 1. The van der Waals surface area contributed by atoms with Crippen molar-refractivity contribution in [3.63, 3.8) is 0 Å². The molecule has 1 aromatic rings. The zero-order chi connectivity index (χ0) is 13.8. The van der Waals surface area contributed by atoms with Crippen molar-refractivity contribution in [3.05, 3.63) is 39.9 Å². The fourth-order valence-electron chi connectivity index (χ4n) is 1.18. The first-order chi connectivity index (χ1) is 8.28. The van der Waals surface area contributed by atoms with E-state index in [4.69, 9.17) is 0 Å². The van der Waals surface area contributed by atoms with Crippen LogP contribution in [0.1, 0.15) is 5.56 Å². The number of nitro groups is 1. The lowest BCUT2D eigenvalue weighted by Gasteiger charge is -2.08. The fraction of sp³-hybridized carbons (Fsp3) is 0.300. The molecule has 0 aromatic heterocycles. The van der Waals surface area contributed by atoms with E-state index in [0.29, 0.717) is 5.56 Å². The minimum atomic E-state index is -4.45. The van der Waals surface area contributed by atoms with Crippen molar-refractivity contribution in [2.75, 3.05) is 6.54 Å². The first-order valence-corrected chi connectivity index (χ1v) is 4.85. The molecule has 1 aromatic carbocycles. The molecule has 5 nitrogen and oxygen atoms in total. The molecule has 0 radical (unpaired) electrons. The van der Waals surface area contributed by atoms with Crippen LogP contribution in [0.4, 0.5) is 18.9 Å². The Labute approximate surface area is 99.8 Å². The molecule has 0 saturated heterocycles. The highest BCUT2D eigenvalue weighted by Crippen LogP contribution is 2.14. The van der Waals surface area contributed by atoms with Crippen LogP contribution in [0, 0.1) is 10.1 Å². The van der Waals surface area contributed by atoms with E-state index in [0.717, 1.165) is 0 Å². The van der Waals surface area contributed by atoms with E-state index in [1.54, 1.807) is 5.32 Å². The summed E-state index contributed by atoms with van der Waals surface area (Å²) in [5, 5.41) is 12.1. The summed E-state index contributed by atoms with van der Waals surface area (Å²) < 4.78 is 35.4. The third-order valence-electron chi connectivity index (χ3n) is 2.00. The average Bonchev–Trinajstić information content (AvgIpc) is 2.26. The number of carbonyl (C=O) groups excluding carboxylic acids is 1. The number of halogens is 3. The van der Waals surface area contributed by atoms with Crippen LogP contribution in [0.25, 0.3) is 0 Å². The van der Waals surface area contributed by atoms with Gasteiger partial charge in [0, 0.05) is 12.1 Å². The van der Waals surface area contributed by atoms with Gasteiger partial charge in [0.25, 0.3) is 5.69 Å². The number of non-ortho nitro benzene ring substituents is 1. The maximum absolute atomic E-state index is 11.8. The number of benzene rings is 1. The monoisotopic (exact) mass is 262 g/mol. The maximum atomic E-state index is 11.8. The summed E-state index contributed by atoms with van der Waals surface area (Å²) >= 11 is 0. The van der Waals surface area contributed by atoms with Gasteiger partial charge in [-0.3, -0.25) is 14.9 Å². The van der Waals surface area contributed by atoms with Crippen molar-refractivity contribution in [1.82, 2.24) is 5.32 Å². The van der Waals surface area contributed by atoms with Gasteiger partial charge >= 0.3 is 6.18 Å². The molecular weight excluding hydrogens is 253 g/mol. The molecule has 0 spiro atoms. The normalized spacial score (nSPS) is 11.1. The third kappa shape index (κ3) is 4.81. The van der Waals surface area contributed by atoms with Crippen molar-refractivity contribution in [3.8, 4) is 0 Å². The van der Waals surface area contributed by atoms with Crippen molar-refractivity contribution in [2.24, 2.45) is 0 Å². The van der Waals surface area contributed by atoms with E-state index >= 15 is 0 Å². The van der Waals surface area contributed by atoms with E-state index in [-0.39, 0.29) is 12.1 Å². The standard InChI is InChI=1S/C10H9F3N2O3/c11-10(12,13)6-14-9(16)5-7-1-3-8(4-2-7)15(17)18/h1-4H,5-6H2,(H,14,16). The molecule has 1 rings (SSSR count). The zero-order valence-electron chi connectivity index (χ0n) is 9.03. The van der Waals surface area contributed by atoms with E-state index in [9.17, 15) is 28.1 Å². The number of hydrogen-bond donors (Lipinski definition) is 1. The summed E-state index contributed by atoms with van der Waals surface area (Å²) in [6.45, 7) is -1.39. The van der Waals surface area contributed by atoms with Crippen LogP contribution in [-0.2, 0) is 11.2 Å². The molecule has 1 N–H and O–H groups in total. The largest absolute Gasteiger partial charge is 0.405 e. The number of alkyl halides is 3. The smallest absolute Gasteiger partial charge is 0.347 e. The molecule has 0 saturated carbocycles. The Bertz CT molecular complexity index is 443. The lowest BCUT2D eigenvalue weighted by Crippen LogP contribution is -2.34. The Morgan fingerprint density at radius 2 is 1.83 bits per heavy atom. The highest BCUT2D eigenvalue weighted by atomic mass is 19.4. The first-order valence-electron chi connectivity index (χ1n) is 4.85. The molecule has 0 atom stereocenters. The van der Waals surface area contributed by atoms with Crippen LogP contribution in [0.15, 0.2) is 24.3 Å². The highest BCUT2D eigenvalue weighted by molar-refractivity contribution is 5.78. The molecule has 0 aliphatic rings. The van der Waals surface area contributed by atoms with Gasteiger partial charge in [0.15, 0.2) is 0 Å². The predicted octanol–water partition coefficient (Wildman–Crippen LogP) is 1.82. The molecule has 8 heteroatoms. The SMILES string of the molecule is O=C(Cc1ccc([N+](=O)[O-])cc1)NCC(F)(F)F. The summed E-state index contributed by atoms with van der Waals surface area (Å²) in [6.07, 6.45) is -4.71. The molecule has 98 valence electrons. The van der Waals surface area contributed by atoms with E-state index < -0.39 is 23.6 Å². The Morgan fingerprint density at radius 1 is 1.28 bits per heavy atom. The molecule has 18 heavy (non-hydrogen) atoms.